The summed E-state index contributed by atoms with van der Waals surface area (Å²) < 4.78 is 0. The standard InChI is InChI=1S/C32H38N4O4/c37-30(34-28(23-31(38)39)15-14-25-8-3-1-4-9-25)24-36(19-16-26-10-5-2-6-11-26)32(40)27-12-7-13-29(22-27)35-20-17-33-18-21-35/h1-13,22,28,33H,14-21,23-24H2,(H,34,37)(H,38,39). The summed E-state index contributed by atoms with van der Waals surface area (Å²) in [4.78, 5) is 42.3. The van der Waals surface area contributed by atoms with Gasteiger partial charge in [0.05, 0.1) is 13.0 Å². The number of rotatable bonds is 13. The zero-order valence-corrected chi connectivity index (χ0v) is 22.8. The minimum absolute atomic E-state index is 0.148. The fourth-order valence-electron chi connectivity index (χ4n) is 4.97. The van der Waals surface area contributed by atoms with Crippen LogP contribution in [0.2, 0.25) is 0 Å². The number of nitrogens with zero attached hydrogens (tertiary/aromatic N) is 2. The highest BCUT2D eigenvalue weighted by Gasteiger charge is 2.23. The fourth-order valence-corrected chi connectivity index (χ4v) is 4.97. The van der Waals surface area contributed by atoms with Crippen molar-refractivity contribution in [2.24, 2.45) is 0 Å². The van der Waals surface area contributed by atoms with Crippen molar-refractivity contribution in [3.63, 3.8) is 0 Å². The van der Waals surface area contributed by atoms with Crippen LogP contribution in [0.1, 0.15) is 34.3 Å². The average Bonchev–Trinajstić information content (AvgIpc) is 2.99. The molecule has 8 nitrogen and oxygen atoms in total. The first kappa shape index (κ1) is 28.8. The molecule has 0 aromatic heterocycles. The lowest BCUT2D eigenvalue weighted by Crippen LogP contribution is -2.45. The summed E-state index contributed by atoms with van der Waals surface area (Å²) in [7, 11) is 0. The number of carboxylic acids is 1. The van der Waals surface area contributed by atoms with E-state index >= 15 is 0 Å². The van der Waals surface area contributed by atoms with Gasteiger partial charge in [0.2, 0.25) is 5.91 Å². The predicted octanol–water partition coefficient (Wildman–Crippen LogP) is 3.37. The molecule has 1 heterocycles. The van der Waals surface area contributed by atoms with Crippen LogP contribution in [0.15, 0.2) is 84.9 Å². The predicted molar refractivity (Wildman–Crippen MR) is 157 cm³/mol. The molecule has 4 rings (SSSR count). The van der Waals surface area contributed by atoms with Gasteiger partial charge in [-0.25, -0.2) is 0 Å². The Kier molecular flexibility index (Phi) is 10.7. The molecule has 0 saturated carbocycles. The zero-order valence-electron chi connectivity index (χ0n) is 22.8. The number of benzene rings is 3. The molecule has 1 atom stereocenters. The Bertz CT molecular complexity index is 1250. The van der Waals surface area contributed by atoms with E-state index in [1.807, 2.05) is 78.9 Å². The van der Waals surface area contributed by atoms with Gasteiger partial charge in [-0.05, 0) is 48.6 Å². The average molecular weight is 543 g/mol. The summed E-state index contributed by atoms with van der Waals surface area (Å²) in [5.74, 6) is -1.55. The number of carboxylic acid groups (broad SMARTS) is 1. The van der Waals surface area contributed by atoms with E-state index in [0.29, 0.717) is 31.4 Å². The van der Waals surface area contributed by atoms with E-state index in [1.165, 1.54) is 0 Å². The number of piperazine rings is 1. The van der Waals surface area contributed by atoms with Gasteiger partial charge in [0.1, 0.15) is 0 Å². The second-order valence-electron chi connectivity index (χ2n) is 10.1. The number of carbonyl (C=O) groups is 3. The molecule has 0 bridgehead atoms. The molecule has 0 radical (unpaired) electrons. The van der Waals surface area contributed by atoms with Gasteiger partial charge in [0.15, 0.2) is 0 Å². The van der Waals surface area contributed by atoms with Crippen LogP contribution < -0.4 is 15.5 Å². The van der Waals surface area contributed by atoms with E-state index in [-0.39, 0.29) is 24.8 Å². The number of aryl methyl sites for hydroxylation is 1. The number of carbonyl (C=O) groups excluding carboxylic acids is 2. The molecular weight excluding hydrogens is 504 g/mol. The first-order valence-electron chi connectivity index (χ1n) is 13.9. The van der Waals surface area contributed by atoms with Gasteiger partial charge in [0.25, 0.3) is 5.91 Å². The summed E-state index contributed by atoms with van der Waals surface area (Å²) in [6, 6.07) is 26.7. The topological polar surface area (TPSA) is 102 Å². The summed E-state index contributed by atoms with van der Waals surface area (Å²) in [6.07, 6.45) is 1.56. The smallest absolute Gasteiger partial charge is 0.305 e. The molecule has 3 aromatic carbocycles. The summed E-state index contributed by atoms with van der Waals surface area (Å²) >= 11 is 0. The molecule has 1 saturated heterocycles. The Morgan fingerprint density at radius 3 is 2.17 bits per heavy atom. The molecule has 3 aromatic rings. The van der Waals surface area contributed by atoms with Crippen LogP contribution >= 0.6 is 0 Å². The van der Waals surface area contributed by atoms with Gasteiger partial charge >= 0.3 is 5.97 Å². The van der Waals surface area contributed by atoms with Crippen LogP contribution in [-0.4, -0.2) is 73.1 Å². The van der Waals surface area contributed by atoms with Crippen LogP contribution in [-0.2, 0) is 22.4 Å². The number of amides is 2. The van der Waals surface area contributed by atoms with E-state index in [4.69, 9.17) is 0 Å². The molecule has 8 heteroatoms. The first-order valence-corrected chi connectivity index (χ1v) is 13.9. The Morgan fingerprint density at radius 2 is 1.52 bits per heavy atom. The molecule has 1 unspecified atom stereocenters. The third-order valence-electron chi connectivity index (χ3n) is 7.12. The summed E-state index contributed by atoms with van der Waals surface area (Å²) in [5, 5.41) is 15.7. The van der Waals surface area contributed by atoms with Gasteiger partial charge in [0, 0.05) is 50.0 Å². The second-order valence-corrected chi connectivity index (χ2v) is 10.1. The third-order valence-corrected chi connectivity index (χ3v) is 7.12. The van der Waals surface area contributed by atoms with Crippen molar-refractivity contribution in [3.05, 3.63) is 102 Å². The van der Waals surface area contributed by atoms with Gasteiger partial charge < -0.3 is 25.5 Å². The van der Waals surface area contributed by atoms with E-state index in [9.17, 15) is 19.5 Å². The maximum absolute atomic E-state index is 13.7. The second kappa shape index (κ2) is 14.8. The van der Waals surface area contributed by atoms with Crippen molar-refractivity contribution in [2.75, 3.05) is 44.2 Å². The molecular formula is C32H38N4O4. The van der Waals surface area contributed by atoms with Gasteiger partial charge in [-0.2, -0.15) is 0 Å². The molecule has 40 heavy (non-hydrogen) atoms. The minimum Gasteiger partial charge on any atom is -0.481 e. The summed E-state index contributed by atoms with van der Waals surface area (Å²) in [5.41, 5.74) is 3.67. The van der Waals surface area contributed by atoms with Gasteiger partial charge in [-0.3, -0.25) is 14.4 Å². The quantitative estimate of drug-likeness (QED) is 0.306. The number of hydrogen-bond acceptors (Lipinski definition) is 5. The Labute approximate surface area is 236 Å². The SMILES string of the molecule is O=C(O)CC(CCc1ccccc1)NC(=O)CN(CCc1ccccc1)C(=O)c1cccc(N2CCNCC2)c1. The van der Waals surface area contributed by atoms with Crippen LogP contribution in [0.25, 0.3) is 0 Å². The lowest BCUT2D eigenvalue weighted by Gasteiger charge is -2.30. The normalized spacial score (nSPS) is 13.8. The van der Waals surface area contributed by atoms with Crippen LogP contribution in [0.5, 0.6) is 0 Å². The molecule has 210 valence electrons. The number of hydrogen-bond donors (Lipinski definition) is 3. The highest BCUT2D eigenvalue weighted by Crippen LogP contribution is 2.18. The van der Waals surface area contributed by atoms with Crippen LogP contribution in [0.3, 0.4) is 0 Å². The monoisotopic (exact) mass is 542 g/mol. The molecule has 1 aliphatic rings. The zero-order chi connectivity index (χ0) is 28.2. The lowest BCUT2D eigenvalue weighted by atomic mass is 10.0. The largest absolute Gasteiger partial charge is 0.481 e. The highest BCUT2D eigenvalue weighted by atomic mass is 16.4. The number of aliphatic carboxylic acids is 1. The van der Waals surface area contributed by atoms with E-state index < -0.39 is 12.0 Å². The molecule has 0 aliphatic carbocycles. The van der Waals surface area contributed by atoms with Gasteiger partial charge in [-0.15, -0.1) is 0 Å². The van der Waals surface area contributed by atoms with Crippen molar-refractivity contribution < 1.29 is 19.5 Å². The molecule has 1 fully saturated rings. The van der Waals surface area contributed by atoms with E-state index in [0.717, 1.165) is 43.0 Å². The van der Waals surface area contributed by atoms with E-state index in [2.05, 4.69) is 15.5 Å². The van der Waals surface area contributed by atoms with Gasteiger partial charge in [-0.1, -0.05) is 66.7 Å². The van der Waals surface area contributed by atoms with Crippen LogP contribution in [0, 0.1) is 0 Å². The Hall–Kier alpha value is -4.17. The fraction of sp³-hybridized carbons (Fsp3) is 0.344. The van der Waals surface area contributed by atoms with Crippen LogP contribution in [0.4, 0.5) is 5.69 Å². The highest BCUT2D eigenvalue weighted by molar-refractivity contribution is 5.97. The van der Waals surface area contributed by atoms with Crippen molar-refractivity contribution in [3.8, 4) is 0 Å². The molecule has 0 spiro atoms. The number of nitrogens with one attached hydrogen (secondary N) is 2. The van der Waals surface area contributed by atoms with Crippen molar-refractivity contribution in [1.82, 2.24) is 15.5 Å². The number of anilines is 1. The molecule has 1 aliphatic heterocycles. The maximum Gasteiger partial charge on any atom is 0.305 e. The third kappa shape index (κ3) is 8.95. The van der Waals surface area contributed by atoms with E-state index in [1.54, 1.807) is 11.0 Å². The molecule has 3 N–H and O–H groups in total. The lowest BCUT2D eigenvalue weighted by molar-refractivity contribution is -0.137. The Balaban J connectivity index is 1.46. The van der Waals surface area contributed by atoms with Crippen molar-refractivity contribution in [2.45, 2.75) is 31.7 Å². The van der Waals surface area contributed by atoms with Crippen molar-refractivity contribution >= 4 is 23.5 Å². The first-order chi connectivity index (χ1) is 19.5. The molecule has 2 amide bonds. The Morgan fingerprint density at radius 1 is 0.875 bits per heavy atom. The maximum atomic E-state index is 13.7. The van der Waals surface area contributed by atoms with Crippen molar-refractivity contribution in [1.29, 1.82) is 0 Å². The minimum atomic E-state index is -0.972. The summed E-state index contributed by atoms with van der Waals surface area (Å²) in [6.45, 7) is 3.73.